The van der Waals surface area contributed by atoms with Crippen LogP contribution in [0.1, 0.15) is 37.3 Å². The number of benzene rings is 2. The van der Waals surface area contributed by atoms with E-state index < -0.39 is 16.2 Å². The molecule has 3 rings (SSSR count). The van der Waals surface area contributed by atoms with Gasteiger partial charge in [-0.05, 0) is 42.2 Å². The maximum absolute atomic E-state index is 12.5. The molecule has 0 radical (unpaired) electrons. The van der Waals surface area contributed by atoms with Gasteiger partial charge in [-0.3, -0.25) is 23.9 Å². The second-order valence-corrected chi connectivity index (χ2v) is 8.53. The second kappa shape index (κ2) is 8.69. The first-order valence-corrected chi connectivity index (χ1v) is 11.1. The number of carbonyl (C=O) groups is 3. The number of nitrogens with one attached hydrogen (secondary N) is 2. The zero-order valence-electron chi connectivity index (χ0n) is 16.5. The molecule has 1 fully saturated rings. The number of imide groups is 1. The zero-order valence-corrected chi connectivity index (χ0v) is 17.3. The summed E-state index contributed by atoms with van der Waals surface area (Å²) in [5.74, 6) is -0.713. The number of carbonyl (C=O) groups excluding carboxylic acids is 3. The van der Waals surface area contributed by atoms with Crippen molar-refractivity contribution in [2.75, 3.05) is 11.6 Å². The fraction of sp³-hybridized carbons (Fsp3) is 0.318. The lowest BCUT2D eigenvalue weighted by Gasteiger charge is -2.35. The number of anilines is 1. The summed E-state index contributed by atoms with van der Waals surface area (Å²) >= 11 is 0. The van der Waals surface area contributed by atoms with Gasteiger partial charge in [-0.25, -0.2) is 0 Å². The van der Waals surface area contributed by atoms with Crippen LogP contribution in [0.15, 0.2) is 53.4 Å². The number of hydrogen-bond acceptors (Lipinski definition) is 4. The Balaban J connectivity index is 1.72. The van der Waals surface area contributed by atoms with Crippen LogP contribution in [0, 0.1) is 0 Å². The molecule has 7 heteroatoms. The van der Waals surface area contributed by atoms with Crippen molar-refractivity contribution in [1.82, 2.24) is 5.32 Å². The van der Waals surface area contributed by atoms with Crippen molar-refractivity contribution in [3.63, 3.8) is 0 Å². The summed E-state index contributed by atoms with van der Waals surface area (Å²) in [5, 5.41) is 5.28. The molecule has 0 saturated carbocycles. The Labute approximate surface area is 172 Å². The number of piperidine rings is 1. The van der Waals surface area contributed by atoms with Gasteiger partial charge in [0.1, 0.15) is 0 Å². The van der Waals surface area contributed by atoms with Crippen molar-refractivity contribution in [1.29, 1.82) is 0 Å². The van der Waals surface area contributed by atoms with Crippen LogP contribution >= 0.6 is 0 Å². The van der Waals surface area contributed by atoms with Gasteiger partial charge in [0.15, 0.2) is 0 Å². The van der Waals surface area contributed by atoms with Crippen LogP contribution < -0.4 is 10.6 Å². The van der Waals surface area contributed by atoms with E-state index >= 15 is 0 Å². The third-order valence-electron chi connectivity index (χ3n) is 5.42. The molecular formula is C22H24N2O4S. The molecule has 1 aliphatic heterocycles. The summed E-state index contributed by atoms with van der Waals surface area (Å²) < 4.78 is 11.8. The smallest absolute Gasteiger partial charge is 0.237 e. The molecule has 6 nitrogen and oxygen atoms in total. The Hall–Kier alpha value is -2.80. The molecule has 152 valence electrons. The van der Waals surface area contributed by atoms with Crippen molar-refractivity contribution < 1.29 is 18.6 Å². The molecule has 2 aromatic carbocycles. The third-order valence-corrected chi connectivity index (χ3v) is 6.44. The maximum atomic E-state index is 12.5. The van der Waals surface area contributed by atoms with Gasteiger partial charge in [0.25, 0.3) is 0 Å². The largest absolute Gasteiger partial charge is 0.326 e. The topological polar surface area (TPSA) is 92.3 Å². The summed E-state index contributed by atoms with van der Waals surface area (Å²) in [5.41, 5.74) is 1.46. The van der Waals surface area contributed by atoms with Crippen molar-refractivity contribution in [2.24, 2.45) is 0 Å². The molecule has 1 saturated heterocycles. The van der Waals surface area contributed by atoms with Crippen molar-refractivity contribution in [2.45, 2.75) is 42.9 Å². The number of hydrogen-bond donors (Lipinski definition) is 2. The average Bonchev–Trinajstić information content (AvgIpc) is 2.69. The molecule has 2 aromatic rings. The fourth-order valence-electron chi connectivity index (χ4n) is 3.75. The first-order chi connectivity index (χ1) is 13.9. The monoisotopic (exact) mass is 412 g/mol. The van der Waals surface area contributed by atoms with Crippen molar-refractivity contribution in [3.05, 3.63) is 59.7 Å². The van der Waals surface area contributed by atoms with Gasteiger partial charge in [0.05, 0.1) is 22.6 Å². The molecule has 2 atom stereocenters. The fourth-order valence-corrected chi connectivity index (χ4v) is 4.53. The molecule has 0 unspecified atom stereocenters. The van der Waals surface area contributed by atoms with Crippen LogP contribution in [0.25, 0.3) is 0 Å². The Bertz CT molecular complexity index is 971. The first kappa shape index (κ1) is 20.9. The number of amides is 3. The number of rotatable bonds is 6. The van der Waals surface area contributed by atoms with E-state index in [1.165, 1.54) is 0 Å². The highest BCUT2D eigenvalue weighted by Gasteiger charge is 2.42. The van der Waals surface area contributed by atoms with E-state index in [0.717, 1.165) is 11.1 Å². The van der Waals surface area contributed by atoms with Gasteiger partial charge >= 0.3 is 0 Å². The molecular weight excluding hydrogens is 388 g/mol. The quantitative estimate of drug-likeness (QED) is 0.714. The standard InChI is InChI=1S/C22H24N2O4S/c1-3-22(13-12-19(25)24-21(22)27)16-8-10-17(11-9-16)23-20(26)14-15-6-4-5-7-18(15)29(2)28/h4-11H,3,12-14H2,1-2H3,(H,23,26)(H,24,25,27)/t22-,29+/m1/s1. The Kier molecular flexibility index (Phi) is 6.27. The lowest BCUT2D eigenvalue weighted by Crippen LogP contribution is -2.51. The summed E-state index contributed by atoms with van der Waals surface area (Å²) in [6.07, 6.45) is 3.10. The summed E-state index contributed by atoms with van der Waals surface area (Å²) in [7, 11) is -1.16. The van der Waals surface area contributed by atoms with E-state index in [4.69, 9.17) is 0 Å². The summed E-state index contributed by atoms with van der Waals surface area (Å²) in [6, 6.07) is 14.3. The molecule has 3 amide bonds. The van der Waals surface area contributed by atoms with E-state index in [0.29, 0.717) is 29.8 Å². The second-order valence-electron chi connectivity index (χ2n) is 7.18. The van der Waals surface area contributed by atoms with Crippen LogP contribution in [0.3, 0.4) is 0 Å². The molecule has 0 aliphatic carbocycles. The van der Waals surface area contributed by atoms with E-state index in [-0.39, 0.29) is 24.1 Å². The van der Waals surface area contributed by atoms with Gasteiger partial charge in [-0.2, -0.15) is 0 Å². The van der Waals surface area contributed by atoms with Gasteiger partial charge in [0.2, 0.25) is 17.7 Å². The minimum Gasteiger partial charge on any atom is -0.326 e. The van der Waals surface area contributed by atoms with E-state index in [1.54, 1.807) is 36.6 Å². The SMILES string of the molecule is CC[C@]1(c2ccc(NC(=O)Cc3ccccc3[S@](C)=O)cc2)CCC(=O)NC1=O. The Morgan fingerprint density at radius 2 is 1.83 bits per heavy atom. The lowest BCUT2D eigenvalue weighted by molar-refractivity contribution is -0.138. The van der Waals surface area contributed by atoms with Crippen LogP contribution in [-0.4, -0.2) is 28.2 Å². The molecule has 0 bridgehead atoms. The van der Waals surface area contributed by atoms with Gasteiger partial charge in [0, 0.05) is 23.3 Å². The van der Waals surface area contributed by atoms with Gasteiger partial charge in [-0.15, -0.1) is 0 Å². The van der Waals surface area contributed by atoms with E-state index in [1.807, 2.05) is 25.1 Å². The highest BCUT2D eigenvalue weighted by Crippen LogP contribution is 2.36. The zero-order chi connectivity index (χ0) is 21.0. The highest BCUT2D eigenvalue weighted by molar-refractivity contribution is 7.84. The maximum Gasteiger partial charge on any atom is 0.237 e. The predicted octanol–water partition coefficient (Wildman–Crippen LogP) is 2.69. The molecule has 29 heavy (non-hydrogen) atoms. The average molecular weight is 413 g/mol. The minimum absolute atomic E-state index is 0.126. The van der Waals surface area contributed by atoms with Gasteiger partial charge < -0.3 is 5.32 Å². The van der Waals surface area contributed by atoms with Crippen LogP contribution in [-0.2, 0) is 37.0 Å². The third kappa shape index (κ3) is 4.45. The van der Waals surface area contributed by atoms with Crippen LogP contribution in [0.2, 0.25) is 0 Å². The van der Waals surface area contributed by atoms with Crippen LogP contribution in [0.5, 0.6) is 0 Å². The molecule has 1 heterocycles. The van der Waals surface area contributed by atoms with Crippen LogP contribution in [0.4, 0.5) is 5.69 Å². The molecule has 0 aromatic heterocycles. The first-order valence-electron chi connectivity index (χ1n) is 9.52. The van der Waals surface area contributed by atoms with Crippen molar-refractivity contribution in [3.8, 4) is 0 Å². The summed E-state index contributed by atoms with van der Waals surface area (Å²) in [4.78, 5) is 37.1. The molecule has 0 spiro atoms. The predicted molar refractivity (Wildman–Crippen MR) is 112 cm³/mol. The molecule has 1 aliphatic rings. The van der Waals surface area contributed by atoms with Gasteiger partial charge in [-0.1, -0.05) is 37.3 Å². The van der Waals surface area contributed by atoms with Crippen molar-refractivity contribution >= 4 is 34.2 Å². The summed E-state index contributed by atoms with van der Waals surface area (Å²) in [6.45, 7) is 1.93. The minimum atomic E-state index is -1.16. The Morgan fingerprint density at radius 3 is 2.45 bits per heavy atom. The normalized spacial score (nSPS) is 20.1. The van der Waals surface area contributed by atoms with E-state index in [2.05, 4.69) is 10.6 Å². The van der Waals surface area contributed by atoms with E-state index in [9.17, 15) is 18.6 Å². The lowest BCUT2D eigenvalue weighted by atomic mass is 9.72. The Morgan fingerprint density at radius 1 is 1.14 bits per heavy atom. The highest BCUT2D eigenvalue weighted by atomic mass is 32.2. The molecule has 2 N–H and O–H groups in total.